The van der Waals surface area contributed by atoms with Crippen molar-refractivity contribution in [2.75, 3.05) is 11.9 Å². The van der Waals surface area contributed by atoms with Gasteiger partial charge < -0.3 is 10.1 Å². The molecule has 2 aromatic carbocycles. The van der Waals surface area contributed by atoms with Gasteiger partial charge in [-0.25, -0.2) is 9.18 Å². The van der Waals surface area contributed by atoms with E-state index in [1.54, 1.807) is 25.1 Å². The average molecular weight is 322 g/mol. The summed E-state index contributed by atoms with van der Waals surface area (Å²) in [5.41, 5.74) is 1.45. The molecule has 0 aliphatic rings. The van der Waals surface area contributed by atoms with Crippen LogP contribution in [0, 0.1) is 12.7 Å². The summed E-state index contributed by atoms with van der Waals surface area (Å²) in [6, 6.07) is 9.98. The van der Waals surface area contributed by atoms with Crippen LogP contribution in [0.2, 0.25) is 5.02 Å². The fourth-order valence-corrected chi connectivity index (χ4v) is 1.90. The molecule has 0 spiro atoms. The van der Waals surface area contributed by atoms with Crippen LogP contribution in [0.15, 0.2) is 42.5 Å². The summed E-state index contributed by atoms with van der Waals surface area (Å²) in [5.74, 6) is -1.63. The second-order valence-electron chi connectivity index (χ2n) is 4.54. The van der Waals surface area contributed by atoms with Gasteiger partial charge in [0, 0.05) is 10.7 Å². The van der Waals surface area contributed by atoms with E-state index in [2.05, 4.69) is 5.32 Å². The van der Waals surface area contributed by atoms with E-state index >= 15 is 0 Å². The summed E-state index contributed by atoms with van der Waals surface area (Å²) in [6.07, 6.45) is 0. The summed E-state index contributed by atoms with van der Waals surface area (Å²) < 4.78 is 17.6. The van der Waals surface area contributed by atoms with E-state index in [1.807, 2.05) is 0 Å². The van der Waals surface area contributed by atoms with E-state index in [1.165, 1.54) is 12.1 Å². The number of benzene rings is 2. The van der Waals surface area contributed by atoms with Gasteiger partial charge in [0.25, 0.3) is 5.91 Å². The van der Waals surface area contributed by atoms with Gasteiger partial charge in [-0.1, -0.05) is 17.7 Å². The Kier molecular flexibility index (Phi) is 5.12. The number of hydrogen-bond donors (Lipinski definition) is 1. The van der Waals surface area contributed by atoms with E-state index in [0.29, 0.717) is 10.7 Å². The Labute approximate surface area is 131 Å². The molecule has 1 amide bonds. The van der Waals surface area contributed by atoms with E-state index in [9.17, 15) is 14.0 Å². The van der Waals surface area contributed by atoms with Gasteiger partial charge in [-0.15, -0.1) is 0 Å². The molecule has 2 rings (SSSR count). The number of carbonyl (C=O) groups excluding carboxylic acids is 2. The molecular weight excluding hydrogens is 309 g/mol. The standard InChI is InChI=1S/C16H13ClFNO3/c1-10-13(17)3-2-4-14(10)19-15(20)9-22-16(21)11-5-7-12(18)8-6-11/h2-8H,9H2,1H3,(H,19,20). The highest BCUT2D eigenvalue weighted by atomic mass is 35.5. The molecule has 2 aromatic rings. The van der Waals surface area contributed by atoms with Gasteiger partial charge >= 0.3 is 5.97 Å². The molecule has 0 aliphatic heterocycles. The van der Waals surface area contributed by atoms with Crippen molar-refractivity contribution in [2.45, 2.75) is 6.92 Å². The van der Waals surface area contributed by atoms with Gasteiger partial charge in [0.05, 0.1) is 5.56 Å². The first kappa shape index (κ1) is 16.0. The Balaban J connectivity index is 1.91. The molecule has 0 bridgehead atoms. The number of amides is 1. The van der Waals surface area contributed by atoms with Crippen LogP contribution >= 0.6 is 11.6 Å². The first-order valence-electron chi connectivity index (χ1n) is 6.45. The highest BCUT2D eigenvalue weighted by Crippen LogP contribution is 2.22. The number of rotatable bonds is 4. The van der Waals surface area contributed by atoms with Gasteiger partial charge in [0.1, 0.15) is 5.82 Å². The van der Waals surface area contributed by atoms with Crippen molar-refractivity contribution in [1.82, 2.24) is 0 Å². The predicted molar refractivity (Wildman–Crippen MR) is 81.5 cm³/mol. The zero-order valence-electron chi connectivity index (χ0n) is 11.7. The van der Waals surface area contributed by atoms with Crippen LogP contribution in [0.5, 0.6) is 0 Å². The Morgan fingerprint density at radius 1 is 1.18 bits per heavy atom. The van der Waals surface area contributed by atoms with E-state index in [0.717, 1.165) is 17.7 Å². The molecule has 0 unspecified atom stereocenters. The molecule has 0 atom stereocenters. The normalized spacial score (nSPS) is 10.1. The summed E-state index contributed by atoms with van der Waals surface area (Å²) in [5, 5.41) is 3.14. The molecule has 114 valence electrons. The van der Waals surface area contributed by atoms with Gasteiger partial charge in [0.15, 0.2) is 6.61 Å². The van der Waals surface area contributed by atoms with Gasteiger partial charge in [0.2, 0.25) is 0 Å². The fourth-order valence-electron chi connectivity index (χ4n) is 1.73. The van der Waals surface area contributed by atoms with Crippen LogP contribution in [-0.2, 0) is 9.53 Å². The van der Waals surface area contributed by atoms with Crippen molar-refractivity contribution < 1.29 is 18.7 Å². The van der Waals surface area contributed by atoms with Gasteiger partial charge in [-0.3, -0.25) is 4.79 Å². The number of anilines is 1. The molecule has 0 fully saturated rings. The minimum atomic E-state index is -0.696. The molecule has 0 aromatic heterocycles. The van der Waals surface area contributed by atoms with E-state index in [-0.39, 0.29) is 5.56 Å². The van der Waals surface area contributed by atoms with Gasteiger partial charge in [-0.05, 0) is 48.9 Å². The molecule has 6 heteroatoms. The molecule has 0 saturated heterocycles. The number of nitrogens with one attached hydrogen (secondary N) is 1. The molecule has 22 heavy (non-hydrogen) atoms. The monoisotopic (exact) mass is 321 g/mol. The zero-order chi connectivity index (χ0) is 16.1. The zero-order valence-corrected chi connectivity index (χ0v) is 12.5. The van der Waals surface area contributed by atoms with Crippen LogP contribution < -0.4 is 5.32 Å². The Morgan fingerprint density at radius 2 is 1.86 bits per heavy atom. The number of halogens is 2. The molecule has 0 radical (unpaired) electrons. The van der Waals surface area contributed by atoms with Crippen molar-refractivity contribution in [1.29, 1.82) is 0 Å². The lowest BCUT2D eigenvalue weighted by Crippen LogP contribution is -2.21. The van der Waals surface area contributed by atoms with Crippen molar-refractivity contribution in [3.05, 3.63) is 64.4 Å². The van der Waals surface area contributed by atoms with Crippen LogP contribution in [0.4, 0.5) is 10.1 Å². The second kappa shape index (κ2) is 7.04. The van der Waals surface area contributed by atoms with E-state index in [4.69, 9.17) is 16.3 Å². The van der Waals surface area contributed by atoms with Crippen molar-refractivity contribution in [3.8, 4) is 0 Å². The topological polar surface area (TPSA) is 55.4 Å². The molecule has 0 saturated carbocycles. The second-order valence-corrected chi connectivity index (χ2v) is 4.95. The smallest absolute Gasteiger partial charge is 0.338 e. The Hall–Kier alpha value is -2.40. The Morgan fingerprint density at radius 3 is 2.55 bits per heavy atom. The molecule has 0 heterocycles. The van der Waals surface area contributed by atoms with Crippen molar-refractivity contribution in [3.63, 3.8) is 0 Å². The highest BCUT2D eigenvalue weighted by molar-refractivity contribution is 6.31. The third-order valence-electron chi connectivity index (χ3n) is 2.96. The maximum absolute atomic E-state index is 12.7. The quantitative estimate of drug-likeness (QED) is 0.876. The van der Waals surface area contributed by atoms with Crippen LogP contribution in [-0.4, -0.2) is 18.5 Å². The Bertz CT molecular complexity index is 701. The van der Waals surface area contributed by atoms with Crippen molar-refractivity contribution >= 4 is 29.2 Å². The minimum absolute atomic E-state index is 0.174. The number of ether oxygens (including phenoxy) is 1. The first-order chi connectivity index (χ1) is 10.5. The summed E-state index contributed by atoms with van der Waals surface area (Å²) >= 11 is 5.95. The first-order valence-corrected chi connectivity index (χ1v) is 6.83. The predicted octanol–water partition coefficient (Wildman–Crippen LogP) is 3.58. The lowest BCUT2D eigenvalue weighted by molar-refractivity contribution is -0.119. The van der Waals surface area contributed by atoms with E-state index < -0.39 is 24.3 Å². The summed E-state index contributed by atoms with van der Waals surface area (Å²) in [4.78, 5) is 23.5. The largest absolute Gasteiger partial charge is 0.452 e. The maximum atomic E-state index is 12.7. The third kappa shape index (κ3) is 4.05. The van der Waals surface area contributed by atoms with Gasteiger partial charge in [-0.2, -0.15) is 0 Å². The molecule has 4 nitrogen and oxygen atoms in total. The lowest BCUT2D eigenvalue weighted by Gasteiger charge is -2.10. The molecule has 0 aliphatic carbocycles. The fraction of sp³-hybridized carbons (Fsp3) is 0.125. The highest BCUT2D eigenvalue weighted by Gasteiger charge is 2.11. The number of esters is 1. The maximum Gasteiger partial charge on any atom is 0.338 e. The minimum Gasteiger partial charge on any atom is -0.452 e. The average Bonchev–Trinajstić information content (AvgIpc) is 2.50. The van der Waals surface area contributed by atoms with Crippen LogP contribution in [0.1, 0.15) is 15.9 Å². The molecular formula is C16H13ClFNO3. The van der Waals surface area contributed by atoms with Crippen LogP contribution in [0.3, 0.4) is 0 Å². The summed E-state index contributed by atoms with van der Waals surface area (Å²) in [6.45, 7) is 1.32. The lowest BCUT2D eigenvalue weighted by atomic mass is 10.2. The summed E-state index contributed by atoms with van der Waals surface area (Å²) in [7, 11) is 0. The third-order valence-corrected chi connectivity index (χ3v) is 3.37. The van der Waals surface area contributed by atoms with Crippen molar-refractivity contribution in [2.24, 2.45) is 0 Å². The SMILES string of the molecule is Cc1c(Cl)cccc1NC(=O)COC(=O)c1ccc(F)cc1. The number of carbonyl (C=O) groups is 2. The number of hydrogen-bond acceptors (Lipinski definition) is 3. The molecule has 1 N–H and O–H groups in total. The van der Waals surface area contributed by atoms with Crippen LogP contribution in [0.25, 0.3) is 0 Å².